The average molecular weight is 235 g/mol. The van der Waals surface area contributed by atoms with Crippen molar-refractivity contribution < 1.29 is 9.90 Å². The Morgan fingerprint density at radius 3 is 2.65 bits per heavy atom. The van der Waals surface area contributed by atoms with Gasteiger partial charge in [0.05, 0.1) is 0 Å². The summed E-state index contributed by atoms with van der Waals surface area (Å²) in [4.78, 5) is 10.3. The molecule has 0 unspecified atom stereocenters. The van der Waals surface area contributed by atoms with Crippen LogP contribution in [0.5, 0.6) is 0 Å². The highest BCUT2D eigenvalue weighted by atomic mass is 16.4. The number of carbonyl (C=O) groups is 1. The number of rotatable bonds is 7. The van der Waals surface area contributed by atoms with Gasteiger partial charge < -0.3 is 10.4 Å². The molecule has 3 nitrogen and oxygen atoms in total. The molecule has 0 aliphatic rings. The van der Waals surface area contributed by atoms with Gasteiger partial charge in [-0.15, -0.1) is 0 Å². The van der Waals surface area contributed by atoms with Gasteiger partial charge in [0, 0.05) is 6.42 Å². The Morgan fingerprint density at radius 1 is 1.24 bits per heavy atom. The molecule has 0 bridgehead atoms. The molecule has 0 fully saturated rings. The fraction of sp³-hybridized carbons (Fsp3) is 0.500. The third-order valence-electron chi connectivity index (χ3n) is 2.91. The molecule has 0 spiro atoms. The van der Waals surface area contributed by atoms with Gasteiger partial charge in [0.15, 0.2) is 0 Å². The zero-order chi connectivity index (χ0) is 12.7. The van der Waals surface area contributed by atoms with Crippen LogP contribution in [0.25, 0.3) is 0 Å². The number of aryl methyl sites for hydroxylation is 2. The smallest absolute Gasteiger partial charge is 0.303 e. The predicted octanol–water partition coefficient (Wildman–Crippen LogP) is 2.30. The minimum atomic E-state index is -0.721. The van der Waals surface area contributed by atoms with E-state index in [1.54, 1.807) is 0 Å². The van der Waals surface area contributed by atoms with Crippen molar-refractivity contribution in [3.05, 3.63) is 34.9 Å². The highest BCUT2D eigenvalue weighted by Crippen LogP contribution is 2.09. The standard InChI is InChI=1S/C14H21NO2/c1-11-5-6-13(10-12(11)2)7-9-15-8-3-4-14(16)17/h5-6,10,15H,3-4,7-9H2,1-2H3,(H,16,17). The lowest BCUT2D eigenvalue weighted by molar-refractivity contribution is -0.137. The molecule has 1 rings (SSSR count). The number of carboxylic acid groups (broad SMARTS) is 1. The summed E-state index contributed by atoms with van der Waals surface area (Å²) >= 11 is 0. The first-order valence-electron chi connectivity index (χ1n) is 6.08. The molecule has 0 saturated carbocycles. The van der Waals surface area contributed by atoms with Gasteiger partial charge in [-0.3, -0.25) is 4.79 Å². The summed E-state index contributed by atoms with van der Waals surface area (Å²) in [6, 6.07) is 6.52. The first kappa shape index (κ1) is 13.7. The van der Waals surface area contributed by atoms with Gasteiger partial charge in [-0.05, 0) is 56.5 Å². The second-order valence-electron chi connectivity index (χ2n) is 4.42. The van der Waals surface area contributed by atoms with Crippen molar-refractivity contribution >= 4 is 5.97 Å². The summed E-state index contributed by atoms with van der Waals surface area (Å²) in [6.07, 6.45) is 1.94. The molecule has 2 N–H and O–H groups in total. The van der Waals surface area contributed by atoms with Crippen LogP contribution >= 0.6 is 0 Å². The molecule has 0 radical (unpaired) electrons. The van der Waals surface area contributed by atoms with E-state index in [9.17, 15) is 4.79 Å². The molecule has 1 aromatic carbocycles. The van der Waals surface area contributed by atoms with Crippen molar-refractivity contribution in [3.63, 3.8) is 0 Å². The second kappa shape index (κ2) is 7.07. The van der Waals surface area contributed by atoms with Crippen LogP contribution in [0.1, 0.15) is 29.5 Å². The Labute approximate surface area is 103 Å². The molecule has 1 aromatic rings. The van der Waals surface area contributed by atoms with Crippen LogP contribution in [0.2, 0.25) is 0 Å². The quantitative estimate of drug-likeness (QED) is 0.713. The Kier molecular flexibility index (Phi) is 5.70. The molecule has 0 heterocycles. The Morgan fingerprint density at radius 2 is 2.00 bits per heavy atom. The molecular weight excluding hydrogens is 214 g/mol. The molecule has 3 heteroatoms. The van der Waals surface area contributed by atoms with Gasteiger partial charge in [-0.2, -0.15) is 0 Å². The predicted molar refractivity (Wildman–Crippen MR) is 69.4 cm³/mol. The van der Waals surface area contributed by atoms with Gasteiger partial charge in [0.2, 0.25) is 0 Å². The number of aliphatic carboxylic acids is 1. The number of nitrogens with one attached hydrogen (secondary N) is 1. The van der Waals surface area contributed by atoms with Crippen LogP contribution in [-0.4, -0.2) is 24.2 Å². The molecule has 0 aliphatic heterocycles. The van der Waals surface area contributed by atoms with Gasteiger partial charge in [0.1, 0.15) is 0 Å². The fourth-order valence-corrected chi connectivity index (χ4v) is 1.68. The summed E-state index contributed by atoms with van der Waals surface area (Å²) in [5, 5.41) is 11.7. The van der Waals surface area contributed by atoms with Crippen LogP contribution < -0.4 is 5.32 Å². The van der Waals surface area contributed by atoms with E-state index in [1.165, 1.54) is 16.7 Å². The van der Waals surface area contributed by atoms with Crippen molar-refractivity contribution in [3.8, 4) is 0 Å². The third-order valence-corrected chi connectivity index (χ3v) is 2.91. The maximum absolute atomic E-state index is 10.3. The number of carboxylic acids is 1. The summed E-state index contributed by atoms with van der Waals surface area (Å²) in [6.45, 7) is 5.92. The van der Waals surface area contributed by atoms with Crippen molar-refractivity contribution in [2.24, 2.45) is 0 Å². The monoisotopic (exact) mass is 235 g/mol. The van der Waals surface area contributed by atoms with Crippen LogP contribution in [0.3, 0.4) is 0 Å². The SMILES string of the molecule is Cc1ccc(CCNCCCC(=O)O)cc1C. The first-order valence-corrected chi connectivity index (χ1v) is 6.08. The minimum absolute atomic E-state index is 0.247. The molecule has 94 valence electrons. The molecule has 0 saturated heterocycles. The highest BCUT2D eigenvalue weighted by Gasteiger charge is 1.98. The van der Waals surface area contributed by atoms with E-state index in [4.69, 9.17) is 5.11 Å². The topological polar surface area (TPSA) is 49.3 Å². The maximum Gasteiger partial charge on any atom is 0.303 e. The van der Waals surface area contributed by atoms with E-state index >= 15 is 0 Å². The second-order valence-corrected chi connectivity index (χ2v) is 4.42. The van der Waals surface area contributed by atoms with E-state index < -0.39 is 5.97 Å². The molecular formula is C14H21NO2. The number of hydrogen-bond acceptors (Lipinski definition) is 2. The number of benzene rings is 1. The van der Waals surface area contributed by atoms with Crippen LogP contribution in [0.15, 0.2) is 18.2 Å². The fourth-order valence-electron chi connectivity index (χ4n) is 1.68. The van der Waals surface area contributed by atoms with Crippen molar-refractivity contribution in [1.29, 1.82) is 0 Å². The summed E-state index contributed by atoms with van der Waals surface area (Å²) in [5.41, 5.74) is 3.98. The lowest BCUT2D eigenvalue weighted by atomic mass is 10.0. The lowest BCUT2D eigenvalue weighted by Crippen LogP contribution is -2.19. The van der Waals surface area contributed by atoms with E-state index in [0.29, 0.717) is 6.42 Å². The van der Waals surface area contributed by atoms with Crippen molar-refractivity contribution in [2.45, 2.75) is 33.1 Å². The first-order chi connectivity index (χ1) is 8.09. The van der Waals surface area contributed by atoms with Gasteiger partial charge in [-0.25, -0.2) is 0 Å². The summed E-state index contributed by atoms with van der Waals surface area (Å²) < 4.78 is 0. The third kappa shape index (κ3) is 5.50. The van der Waals surface area contributed by atoms with Crippen LogP contribution in [0.4, 0.5) is 0 Å². The Hall–Kier alpha value is -1.35. The largest absolute Gasteiger partial charge is 0.481 e. The summed E-state index contributed by atoms with van der Waals surface area (Å²) in [7, 11) is 0. The Bertz CT molecular complexity index is 374. The van der Waals surface area contributed by atoms with Crippen molar-refractivity contribution in [1.82, 2.24) is 5.32 Å². The maximum atomic E-state index is 10.3. The normalized spacial score (nSPS) is 10.5. The lowest BCUT2D eigenvalue weighted by Gasteiger charge is -2.06. The molecule has 0 aromatic heterocycles. The molecule has 0 aliphatic carbocycles. The molecule has 0 atom stereocenters. The van der Waals surface area contributed by atoms with E-state index in [1.807, 2.05) is 0 Å². The van der Waals surface area contributed by atoms with Gasteiger partial charge >= 0.3 is 5.97 Å². The zero-order valence-electron chi connectivity index (χ0n) is 10.6. The van der Waals surface area contributed by atoms with Crippen LogP contribution in [-0.2, 0) is 11.2 Å². The molecule has 17 heavy (non-hydrogen) atoms. The highest BCUT2D eigenvalue weighted by molar-refractivity contribution is 5.66. The van der Waals surface area contributed by atoms with Crippen molar-refractivity contribution in [2.75, 3.05) is 13.1 Å². The molecule has 0 amide bonds. The number of hydrogen-bond donors (Lipinski definition) is 2. The average Bonchev–Trinajstić information content (AvgIpc) is 2.27. The zero-order valence-corrected chi connectivity index (χ0v) is 10.6. The van der Waals surface area contributed by atoms with Gasteiger partial charge in [0.25, 0.3) is 0 Å². The van der Waals surface area contributed by atoms with E-state index in [0.717, 1.165) is 19.5 Å². The van der Waals surface area contributed by atoms with Crippen LogP contribution in [0, 0.1) is 13.8 Å². The Balaban J connectivity index is 2.18. The van der Waals surface area contributed by atoms with Gasteiger partial charge in [-0.1, -0.05) is 18.2 Å². The summed E-state index contributed by atoms with van der Waals surface area (Å²) in [5.74, 6) is -0.721. The van der Waals surface area contributed by atoms with E-state index in [2.05, 4.69) is 37.4 Å². The van der Waals surface area contributed by atoms with E-state index in [-0.39, 0.29) is 6.42 Å². The minimum Gasteiger partial charge on any atom is -0.481 e.